The number of carbonyl (C=O) groups excluding carboxylic acids is 2. The van der Waals surface area contributed by atoms with Gasteiger partial charge in [0.25, 0.3) is 0 Å². The Kier molecular flexibility index (Phi) is 17.3. The van der Waals surface area contributed by atoms with Crippen molar-refractivity contribution in [1.82, 2.24) is 19.1 Å². The Morgan fingerprint density at radius 2 is 1.14 bits per heavy atom. The fourth-order valence-corrected chi connectivity index (χ4v) is 8.72. The first-order chi connectivity index (χ1) is 30.7. The van der Waals surface area contributed by atoms with Crippen LogP contribution in [0.5, 0.6) is 0 Å². The van der Waals surface area contributed by atoms with Gasteiger partial charge in [-0.1, -0.05) is 57.2 Å². The largest absolute Gasteiger partial charge is 0.448 e. The van der Waals surface area contributed by atoms with E-state index in [1.807, 2.05) is 0 Å². The third-order valence-corrected chi connectivity index (χ3v) is 18.0. The van der Waals surface area contributed by atoms with Crippen LogP contribution in [-0.2, 0) is 52.5 Å². The molecule has 0 unspecified atom stereocenters. The molecule has 2 fully saturated rings. The lowest BCUT2D eigenvalue weighted by Gasteiger charge is -2.36. The monoisotopic (exact) mass is 964 g/mol. The van der Waals surface area contributed by atoms with Gasteiger partial charge in [-0.15, -0.1) is 0 Å². The lowest BCUT2D eigenvalue weighted by Crippen LogP contribution is -2.42. The zero-order valence-corrected chi connectivity index (χ0v) is 38.9. The predicted octanol–water partition coefficient (Wildman–Crippen LogP) is 3.29. The molecular formula is C40H52N6O16S2Si. The van der Waals surface area contributed by atoms with Crippen LogP contribution in [0, 0.1) is 0 Å². The van der Waals surface area contributed by atoms with E-state index in [9.17, 15) is 36.0 Å². The Morgan fingerprint density at radius 3 is 1.52 bits per heavy atom. The topological polar surface area (TPSA) is 281 Å². The van der Waals surface area contributed by atoms with Gasteiger partial charge in [0.2, 0.25) is 0 Å². The molecule has 6 rings (SSSR count). The van der Waals surface area contributed by atoms with Crippen LogP contribution < -0.4 is 22.0 Å². The third kappa shape index (κ3) is 14.6. The second-order valence-corrected chi connectivity index (χ2v) is 24.8. The lowest BCUT2D eigenvalue weighted by molar-refractivity contribution is -0.0992. The summed E-state index contributed by atoms with van der Waals surface area (Å²) in [5.41, 5.74) is -1.36. The van der Waals surface area contributed by atoms with Crippen molar-refractivity contribution < 1.29 is 64.4 Å². The van der Waals surface area contributed by atoms with Crippen LogP contribution in [0.2, 0.25) is 18.1 Å². The van der Waals surface area contributed by atoms with Gasteiger partial charge in [-0.2, -0.15) is 9.97 Å². The van der Waals surface area contributed by atoms with E-state index in [1.54, 1.807) is 36.4 Å². The number of carbonyl (C=O) groups is 2. The molecule has 354 valence electrons. The van der Waals surface area contributed by atoms with Crippen LogP contribution >= 0.6 is 0 Å². The van der Waals surface area contributed by atoms with Crippen molar-refractivity contribution in [2.45, 2.75) is 73.7 Å². The average Bonchev–Trinajstić information content (AvgIpc) is 3.94. The van der Waals surface area contributed by atoms with Gasteiger partial charge in [-0.3, -0.25) is 19.8 Å². The molecule has 2 aromatic heterocycles. The summed E-state index contributed by atoms with van der Waals surface area (Å²) in [5, 5.41) is 13.6. The molecular weight excluding hydrogens is 913 g/mol. The molecule has 0 aliphatic carbocycles. The number of amides is 2. The molecule has 0 bridgehead atoms. The molecule has 25 heteroatoms. The standard InChI is InChI=1S/C23H33N3O8SSi.C17H19N3O8S/c1-23(2,3)36(4,5)33-16-20-32-15-19(34-20)26-12-11-18(24-21(26)27)25-22(28)31-13-14-35(29,30)17-9-7-6-8-10-17;21-10-15-27-11-14(28-15)20-7-6-13(18-16(20)22)19-17(23)26-8-9-29(24,25)12-4-2-1-3-5-12/h6-12,19-20H,13-16H2,1-5H3,(H,24,25,27,28);1-7,14-15,21H,8-11H2,(H,18,19,22,23)/t19-,20-;14-,15-/m00/s1. The Labute approximate surface area is 375 Å². The molecule has 4 heterocycles. The zero-order chi connectivity index (χ0) is 47.4. The van der Waals surface area contributed by atoms with Gasteiger partial charge in [0.05, 0.1) is 47.7 Å². The molecule has 4 aromatic rings. The second kappa shape index (κ2) is 22.2. The fraction of sp³-hybridized carbons (Fsp3) is 0.450. The number of hydrogen-bond donors (Lipinski definition) is 3. The van der Waals surface area contributed by atoms with E-state index in [1.165, 1.54) is 53.4 Å². The van der Waals surface area contributed by atoms with E-state index in [4.69, 9.17) is 38.0 Å². The summed E-state index contributed by atoms with van der Waals surface area (Å²) in [6.07, 6.45) is -1.93. The first-order valence-electron chi connectivity index (χ1n) is 20.1. The summed E-state index contributed by atoms with van der Waals surface area (Å²) in [7, 11) is -9.13. The summed E-state index contributed by atoms with van der Waals surface area (Å²) in [6.45, 7) is 10.1. The number of aromatic nitrogens is 4. The van der Waals surface area contributed by atoms with Gasteiger partial charge in [-0.25, -0.2) is 36.0 Å². The Bertz CT molecular complexity index is 2580. The van der Waals surface area contributed by atoms with Crippen LogP contribution in [0.3, 0.4) is 0 Å². The minimum Gasteiger partial charge on any atom is -0.448 e. The Balaban J connectivity index is 0.000000250. The minimum absolute atomic E-state index is 0.0381. The van der Waals surface area contributed by atoms with Crippen molar-refractivity contribution in [2.24, 2.45) is 0 Å². The molecule has 0 saturated carbocycles. The first-order valence-corrected chi connectivity index (χ1v) is 26.3. The normalized spacial score (nSPS) is 18.9. The van der Waals surface area contributed by atoms with E-state index >= 15 is 0 Å². The van der Waals surface area contributed by atoms with Gasteiger partial charge in [0.1, 0.15) is 24.8 Å². The number of nitrogens with zero attached hydrogens (tertiary/aromatic N) is 4. The molecule has 65 heavy (non-hydrogen) atoms. The Hall–Kier alpha value is -5.38. The summed E-state index contributed by atoms with van der Waals surface area (Å²) in [6, 6.07) is 18.4. The van der Waals surface area contributed by atoms with Gasteiger partial charge in [0.15, 0.2) is 53.0 Å². The fourth-order valence-electron chi connectivity index (χ4n) is 5.52. The molecule has 0 spiro atoms. The number of ether oxygens (including phenoxy) is 6. The second-order valence-electron chi connectivity index (χ2n) is 15.8. The van der Waals surface area contributed by atoms with Crippen LogP contribution in [-0.4, -0.2) is 125 Å². The van der Waals surface area contributed by atoms with Crippen molar-refractivity contribution in [3.63, 3.8) is 0 Å². The molecule has 0 radical (unpaired) electrons. The molecule has 2 aliphatic rings. The molecule has 2 aliphatic heterocycles. The molecule has 4 atom stereocenters. The molecule has 3 N–H and O–H groups in total. The van der Waals surface area contributed by atoms with Crippen LogP contribution in [0.15, 0.2) is 105 Å². The number of sulfone groups is 2. The Morgan fingerprint density at radius 1 is 0.723 bits per heavy atom. The van der Waals surface area contributed by atoms with Crippen molar-refractivity contribution in [2.75, 3.05) is 61.8 Å². The molecule has 2 aromatic carbocycles. The van der Waals surface area contributed by atoms with E-state index < -0.39 is 76.6 Å². The number of rotatable bonds is 16. The number of aliphatic hydroxyl groups excluding tert-OH is 1. The van der Waals surface area contributed by atoms with Gasteiger partial charge in [0, 0.05) is 12.4 Å². The number of nitrogens with one attached hydrogen (secondary N) is 2. The van der Waals surface area contributed by atoms with Gasteiger partial charge < -0.3 is 38.0 Å². The highest BCUT2D eigenvalue weighted by Crippen LogP contribution is 2.37. The van der Waals surface area contributed by atoms with Crippen LogP contribution in [0.4, 0.5) is 21.2 Å². The van der Waals surface area contributed by atoms with E-state index in [0.29, 0.717) is 0 Å². The number of aliphatic hydroxyl groups is 1. The summed E-state index contributed by atoms with van der Waals surface area (Å²) in [5.74, 6) is -0.868. The summed E-state index contributed by atoms with van der Waals surface area (Å²) in [4.78, 5) is 56.2. The van der Waals surface area contributed by atoms with Crippen molar-refractivity contribution >= 4 is 51.8 Å². The van der Waals surface area contributed by atoms with Gasteiger partial charge in [-0.05, 0) is 54.5 Å². The van der Waals surface area contributed by atoms with E-state index in [0.717, 1.165) is 4.57 Å². The number of anilines is 2. The quantitative estimate of drug-likeness (QED) is 0.136. The maximum absolute atomic E-state index is 12.5. The van der Waals surface area contributed by atoms with Crippen LogP contribution in [0.1, 0.15) is 33.2 Å². The predicted molar refractivity (Wildman–Crippen MR) is 234 cm³/mol. The van der Waals surface area contributed by atoms with Crippen molar-refractivity contribution in [3.05, 3.63) is 106 Å². The average molecular weight is 965 g/mol. The molecule has 2 amide bonds. The molecule has 2 saturated heterocycles. The highest BCUT2D eigenvalue weighted by atomic mass is 32.2. The van der Waals surface area contributed by atoms with E-state index in [-0.39, 0.29) is 77.6 Å². The lowest BCUT2D eigenvalue weighted by atomic mass is 10.2. The number of hydrogen-bond acceptors (Lipinski definition) is 18. The summed E-state index contributed by atoms with van der Waals surface area (Å²) < 4.78 is 88.9. The first kappa shape index (κ1) is 50.6. The minimum atomic E-state index is -3.58. The SMILES string of the molecule is CC(C)(C)[Si](C)(C)OC[C@H]1OC[C@@H](n2ccc(NC(=O)OCCS(=O)(=O)c3ccccc3)nc2=O)O1.O=C(Nc1ccn([C@@H]2CO[C@H](CO)O2)c(=O)n1)OCCS(=O)(=O)c1ccccc1. The summed E-state index contributed by atoms with van der Waals surface area (Å²) >= 11 is 0. The molecule has 22 nitrogen and oxygen atoms in total. The van der Waals surface area contributed by atoms with Crippen molar-refractivity contribution in [3.8, 4) is 0 Å². The zero-order valence-electron chi connectivity index (χ0n) is 36.2. The maximum atomic E-state index is 12.5. The van der Waals surface area contributed by atoms with Gasteiger partial charge >= 0.3 is 23.6 Å². The highest BCUT2D eigenvalue weighted by Gasteiger charge is 2.39. The van der Waals surface area contributed by atoms with E-state index in [2.05, 4.69) is 54.5 Å². The third-order valence-electron chi connectivity index (χ3n) is 10.1. The van der Waals surface area contributed by atoms with Crippen LogP contribution in [0.25, 0.3) is 0 Å². The smallest absolute Gasteiger partial charge is 0.412 e. The maximum Gasteiger partial charge on any atom is 0.412 e. The number of benzene rings is 2. The van der Waals surface area contributed by atoms with Crippen molar-refractivity contribution in [1.29, 1.82) is 0 Å². The highest BCUT2D eigenvalue weighted by molar-refractivity contribution is 7.91.